The predicted molar refractivity (Wildman–Crippen MR) is 160 cm³/mol. The largest absolute Gasteiger partial charge is 0.340 e. The second-order valence-corrected chi connectivity index (χ2v) is 14.1. The van der Waals surface area contributed by atoms with E-state index >= 15 is 0 Å². The summed E-state index contributed by atoms with van der Waals surface area (Å²) in [5, 5.41) is 4.21. The van der Waals surface area contributed by atoms with Gasteiger partial charge in [0.2, 0.25) is 6.71 Å². The van der Waals surface area contributed by atoms with Gasteiger partial charge >= 0.3 is 0 Å². The second kappa shape index (κ2) is 12.3. The van der Waals surface area contributed by atoms with E-state index in [1.165, 1.54) is 21.3 Å². The van der Waals surface area contributed by atoms with Gasteiger partial charge in [-0.1, -0.05) is 143 Å². The molecule has 0 amide bonds. The van der Waals surface area contributed by atoms with Crippen molar-refractivity contribution in [3.63, 3.8) is 0 Å². The molecule has 6 heteroatoms. The van der Waals surface area contributed by atoms with Crippen molar-refractivity contribution in [2.45, 2.75) is 19.5 Å². The van der Waals surface area contributed by atoms with Gasteiger partial charge in [-0.05, 0) is 24.3 Å². The van der Waals surface area contributed by atoms with Gasteiger partial charge in [-0.2, -0.15) is 0 Å². The predicted octanol–water partition coefficient (Wildman–Crippen LogP) is 5.55. The Morgan fingerprint density at radius 1 is 0.694 bits per heavy atom. The Morgan fingerprint density at radius 3 is 1.53 bits per heavy atom. The van der Waals surface area contributed by atoms with Crippen molar-refractivity contribution in [1.29, 1.82) is 0 Å². The number of hydrogen-bond acceptors (Lipinski definition) is 1. The zero-order valence-electron chi connectivity index (χ0n) is 20.6. The van der Waals surface area contributed by atoms with Crippen LogP contribution in [0.2, 0.25) is 23.4 Å². The molecule has 0 radical (unpaired) electrons. The van der Waals surface area contributed by atoms with Gasteiger partial charge in [-0.3, -0.25) is 0 Å². The van der Waals surface area contributed by atoms with Gasteiger partial charge in [0, 0.05) is 28.6 Å². The first-order valence-corrected chi connectivity index (χ1v) is 15.5. The molecule has 0 bridgehead atoms. The van der Waals surface area contributed by atoms with Gasteiger partial charge in [0.1, 0.15) is 8.07 Å². The number of benzene rings is 4. The molecule has 0 atom stereocenters. The van der Waals surface area contributed by atoms with Crippen molar-refractivity contribution in [2.75, 3.05) is 0 Å². The maximum absolute atomic E-state index is 6.05. The first-order valence-electron chi connectivity index (χ1n) is 12.0. The molecule has 0 fully saturated rings. The summed E-state index contributed by atoms with van der Waals surface area (Å²) in [6.07, 6.45) is 6.63. The van der Waals surface area contributed by atoms with E-state index < -0.39 is 8.07 Å². The van der Waals surface area contributed by atoms with E-state index in [-0.39, 0.29) is 0 Å². The molecule has 180 valence electrons. The lowest BCUT2D eigenvalue weighted by atomic mass is 9.43. The van der Waals surface area contributed by atoms with Crippen LogP contribution in [0.5, 0.6) is 0 Å². The van der Waals surface area contributed by atoms with Crippen LogP contribution >= 0.6 is 23.2 Å². The zero-order valence-corrected chi connectivity index (χ0v) is 23.1. The Kier molecular flexibility index (Phi) is 8.87. The fourth-order valence-corrected chi connectivity index (χ4v) is 8.08. The van der Waals surface area contributed by atoms with Gasteiger partial charge in [0.15, 0.2) is 0 Å². The lowest BCUT2D eigenvalue weighted by Crippen LogP contribution is -2.58. The van der Waals surface area contributed by atoms with Crippen LogP contribution in [0.1, 0.15) is 0 Å². The maximum Gasteiger partial charge on any atom is 0.206 e. The van der Waals surface area contributed by atoms with Gasteiger partial charge in [-0.25, -0.2) is 4.98 Å². The Bertz CT molecular complexity index is 1240. The summed E-state index contributed by atoms with van der Waals surface area (Å²) in [6.45, 7) is 5.09. The molecule has 0 saturated heterocycles. The summed E-state index contributed by atoms with van der Waals surface area (Å²) in [5.41, 5.74) is 2.75. The van der Waals surface area contributed by atoms with Crippen LogP contribution in [-0.2, 0) is 6.17 Å². The highest BCUT2D eigenvalue weighted by Gasteiger charge is 2.32. The minimum atomic E-state index is -1.95. The first-order chi connectivity index (χ1) is 17.5. The molecule has 1 aromatic heterocycles. The number of halogens is 2. The summed E-state index contributed by atoms with van der Waals surface area (Å²) >= 11 is 12.1. The van der Waals surface area contributed by atoms with Crippen molar-refractivity contribution in [1.82, 2.24) is 9.55 Å². The van der Waals surface area contributed by atoms with Crippen LogP contribution in [0.15, 0.2) is 128 Å². The number of imidazole rings is 1. The number of hydrogen-bond donors (Lipinski definition) is 0. The van der Waals surface area contributed by atoms with Crippen LogP contribution in [-0.4, -0.2) is 24.3 Å². The fraction of sp³-hybridized carbons (Fsp3) is 0.100. The molecule has 0 aliphatic rings. The van der Waals surface area contributed by atoms with E-state index in [1.807, 2.05) is 43.0 Å². The van der Waals surface area contributed by atoms with Crippen LogP contribution in [0.3, 0.4) is 0 Å². The minimum Gasteiger partial charge on any atom is -0.340 e. The highest BCUT2D eigenvalue weighted by Crippen LogP contribution is 2.14. The van der Waals surface area contributed by atoms with E-state index in [0.29, 0.717) is 6.71 Å². The van der Waals surface area contributed by atoms with Crippen LogP contribution < -0.4 is 21.3 Å². The molecule has 1 heterocycles. The van der Waals surface area contributed by atoms with Crippen molar-refractivity contribution in [2.24, 2.45) is 0 Å². The molecule has 0 N–H and O–H groups in total. The SMILES string of the molecule is CB(c1ccccc1)c1ccccc1.C[Si](Cn1ccnc1)(c1ccc(Cl)cc1)c1ccc(Cl)cc1. The third-order valence-corrected chi connectivity index (χ3v) is 11.3. The summed E-state index contributed by atoms with van der Waals surface area (Å²) < 4.78 is 2.15. The lowest BCUT2D eigenvalue weighted by molar-refractivity contribution is 0.858. The molecule has 5 aromatic rings. The van der Waals surface area contributed by atoms with Crippen molar-refractivity contribution >= 4 is 59.3 Å². The first kappa shape index (κ1) is 26.0. The fourth-order valence-electron chi connectivity index (χ4n) is 4.41. The van der Waals surface area contributed by atoms with Gasteiger partial charge in [-0.15, -0.1) is 0 Å². The standard InChI is InChI=1S/C17H16Cl2N2Si.C13H13B/c1-22(13-21-11-10-20-12-21,16-6-2-14(18)3-7-16)17-8-4-15(19)5-9-17;1-14(12-8-4-2-5-9-12)13-10-6-3-7-11-13/h2-12H,13H2,1H3;2-11H,1H3. The number of rotatable bonds is 6. The Balaban J connectivity index is 0.000000187. The molecule has 0 spiro atoms. The molecular formula is C30H29BCl2N2Si. The quantitative estimate of drug-likeness (QED) is 0.265. The summed E-state index contributed by atoms with van der Waals surface area (Å²) in [4.78, 5) is 4.16. The number of nitrogens with zero attached hydrogens (tertiary/aromatic N) is 2. The normalized spacial score (nSPS) is 10.9. The molecule has 0 aliphatic carbocycles. The van der Waals surface area contributed by atoms with E-state index in [1.54, 1.807) is 0 Å². The van der Waals surface area contributed by atoms with Gasteiger partial charge in [0.05, 0.1) is 6.33 Å². The highest BCUT2D eigenvalue weighted by molar-refractivity contribution is 7.00. The zero-order chi connectivity index (χ0) is 25.4. The summed E-state index contributed by atoms with van der Waals surface area (Å²) in [5.74, 6) is 0. The summed E-state index contributed by atoms with van der Waals surface area (Å²) in [7, 11) is -1.95. The van der Waals surface area contributed by atoms with E-state index in [0.717, 1.165) is 16.2 Å². The van der Waals surface area contributed by atoms with Crippen LogP contribution in [0, 0.1) is 0 Å². The smallest absolute Gasteiger partial charge is 0.206 e. The molecule has 5 rings (SSSR count). The highest BCUT2D eigenvalue weighted by atomic mass is 35.5. The van der Waals surface area contributed by atoms with E-state index in [9.17, 15) is 0 Å². The monoisotopic (exact) mass is 526 g/mol. The van der Waals surface area contributed by atoms with Gasteiger partial charge in [0.25, 0.3) is 0 Å². The molecular weight excluding hydrogens is 498 g/mol. The molecule has 2 nitrogen and oxygen atoms in total. The topological polar surface area (TPSA) is 17.8 Å². The Morgan fingerprint density at radius 2 is 1.14 bits per heavy atom. The minimum absolute atomic E-state index is 0.484. The average Bonchev–Trinajstić information content (AvgIpc) is 3.43. The third kappa shape index (κ3) is 6.58. The lowest BCUT2D eigenvalue weighted by Gasteiger charge is -2.29. The van der Waals surface area contributed by atoms with Crippen LogP contribution in [0.4, 0.5) is 0 Å². The molecule has 4 aromatic carbocycles. The molecule has 0 aliphatic heterocycles. The van der Waals surface area contributed by atoms with Crippen molar-refractivity contribution in [3.8, 4) is 0 Å². The van der Waals surface area contributed by atoms with E-state index in [4.69, 9.17) is 23.2 Å². The molecule has 0 unspecified atom stereocenters. The third-order valence-electron chi connectivity index (χ3n) is 6.62. The maximum atomic E-state index is 6.05. The van der Waals surface area contributed by atoms with Gasteiger partial charge < -0.3 is 4.57 Å². The Hall–Kier alpha value is -3.05. The van der Waals surface area contributed by atoms with Crippen molar-refractivity contribution in [3.05, 3.63) is 138 Å². The Labute approximate surface area is 225 Å². The van der Waals surface area contributed by atoms with E-state index in [2.05, 4.69) is 108 Å². The number of aromatic nitrogens is 2. The second-order valence-electron chi connectivity index (χ2n) is 9.12. The molecule has 0 saturated carbocycles. The van der Waals surface area contributed by atoms with Crippen LogP contribution in [0.25, 0.3) is 0 Å². The molecule has 36 heavy (non-hydrogen) atoms. The average molecular weight is 527 g/mol. The summed E-state index contributed by atoms with van der Waals surface area (Å²) in [6, 6.07) is 37.6. The van der Waals surface area contributed by atoms with Crippen molar-refractivity contribution < 1.29 is 0 Å².